The molecule has 1 atom stereocenters. The third kappa shape index (κ3) is 4.32. The molecule has 0 aromatic heterocycles. The van der Waals surface area contributed by atoms with Crippen LogP contribution in [0.25, 0.3) is 0 Å². The highest BCUT2D eigenvalue weighted by molar-refractivity contribution is 5.95. The van der Waals surface area contributed by atoms with Crippen molar-refractivity contribution in [3.05, 3.63) is 12.1 Å². The Morgan fingerprint density at radius 1 is 1.00 bits per heavy atom. The Morgan fingerprint density at radius 3 is 2.00 bits per heavy atom. The van der Waals surface area contributed by atoms with Crippen LogP contribution in [0.3, 0.4) is 0 Å². The monoisotopic (exact) mass is 336 g/mol. The Morgan fingerprint density at radius 2 is 1.54 bits per heavy atom. The molecule has 1 N–H and O–H groups in total. The normalized spacial score (nSPS) is 16.8. The number of hydrogen-bond donors (Lipinski definition) is 1. The Bertz CT molecular complexity index is 529. The molecule has 1 fully saturated rings. The minimum absolute atomic E-state index is 0.0221. The Labute approximate surface area is 144 Å². The zero-order valence-corrected chi connectivity index (χ0v) is 15.1. The third-order valence-corrected chi connectivity index (χ3v) is 4.50. The molecular weight excluding hydrogens is 308 g/mol. The maximum atomic E-state index is 12.6. The summed E-state index contributed by atoms with van der Waals surface area (Å²) in [5.74, 6) is 1.54. The van der Waals surface area contributed by atoms with Gasteiger partial charge in [0, 0.05) is 17.8 Å². The molecule has 0 saturated carbocycles. The van der Waals surface area contributed by atoms with Crippen LogP contribution in [0.5, 0.6) is 17.2 Å². The molecule has 1 unspecified atom stereocenters. The summed E-state index contributed by atoms with van der Waals surface area (Å²) in [6, 6.07) is 3.32. The van der Waals surface area contributed by atoms with Gasteiger partial charge in [-0.25, -0.2) is 0 Å². The average molecular weight is 336 g/mol. The van der Waals surface area contributed by atoms with Crippen LogP contribution in [-0.4, -0.2) is 51.3 Å². The van der Waals surface area contributed by atoms with Crippen LogP contribution in [-0.2, 0) is 4.79 Å². The van der Waals surface area contributed by atoms with Gasteiger partial charge in [0.25, 0.3) is 0 Å². The van der Waals surface area contributed by atoms with Crippen LogP contribution in [0.15, 0.2) is 12.1 Å². The maximum Gasteiger partial charge on any atom is 0.241 e. The standard InChI is InChI=1S/C18H28N2O4/c1-13(20-9-7-5-6-8-10-20)18(21)19-14-11-15(22-2)17(24-4)16(12-14)23-3/h11-13H,5-10H2,1-4H3,(H,19,21). The van der Waals surface area contributed by atoms with Crippen molar-refractivity contribution in [3.8, 4) is 17.2 Å². The van der Waals surface area contributed by atoms with Gasteiger partial charge in [-0.1, -0.05) is 12.8 Å². The zero-order valence-electron chi connectivity index (χ0n) is 15.1. The van der Waals surface area contributed by atoms with Crippen LogP contribution in [0.4, 0.5) is 5.69 Å². The smallest absolute Gasteiger partial charge is 0.241 e. The van der Waals surface area contributed by atoms with E-state index in [4.69, 9.17) is 14.2 Å². The molecule has 2 rings (SSSR count). The molecule has 0 bridgehead atoms. The number of amides is 1. The van der Waals surface area contributed by atoms with Crippen LogP contribution in [0.1, 0.15) is 32.6 Å². The summed E-state index contributed by atoms with van der Waals surface area (Å²) >= 11 is 0. The summed E-state index contributed by atoms with van der Waals surface area (Å²) in [4.78, 5) is 14.9. The first-order valence-electron chi connectivity index (χ1n) is 8.45. The number of rotatable bonds is 6. The average Bonchev–Trinajstić information content (AvgIpc) is 2.89. The number of carbonyl (C=O) groups is 1. The first-order chi connectivity index (χ1) is 11.6. The Hall–Kier alpha value is -1.95. The molecular formula is C18H28N2O4. The minimum Gasteiger partial charge on any atom is -0.493 e. The highest BCUT2D eigenvalue weighted by Crippen LogP contribution is 2.39. The molecule has 1 aromatic carbocycles. The molecule has 1 saturated heterocycles. The topological polar surface area (TPSA) is 60.0 Å². The highest BCUT2D eigenvalue weighted by atomic mass is 16.5. The number of nitrogens with zero attached hydrogens (tertiary/aromatic N) is 1. The van der Waals surface area contributed by atoms with Crippen molar-refractivity contribution in [1.29, 1.82) is 0 Å². The van der Waals surface area contributed by atoms with Gasteiger partial charge in [-0.2, -0.15) is 0 Å². The molecule has 1 heterocycles. The van der Waals surface area contributed by atoms with Crippen molar-refractivity contribution < 1.29 is 19.0 Å². The van der Waals surface area contributed by atoms with Gasteiger partial charge in [-0.05, 0) is 32.9 Å². The Balaban J connectivity index is 2.12. The minimum atomic E-state index is -0.165. The van der Waals surface area contributed by atoms with Crippen molar-refractivity contribution >= 4 is 11.6 Å². The van der Waals surface area contributed by atoms with Crippen LogP contribution in [0, 0.1) is 0 Å². The second kappa shape index (κ2) is 8.78. The molecule has 134 valence electrons. The van der Waals surface area contributed by atoms with Crippen molar-refractivity contribution in [2.75, 3.05) is 39.7 Å². The van der Waals surface area contributed by atoms with Crippen molar-refractivity contribution in [3.63, 3.8) is 0 Å². The van der Waals surface area contributed by atoms with E-state index in [0.29, 0.717) is 22.9 Å². The molecule has 6 heteroatoms. The predicted molar refractivity (Wildman–Crippen MR) is 94.2 cm³/mol. The zero-order chi connectivity index (χ0) is 17.5. The van der Waals surface area contributed by atoms with Crippen LogP contribution >= 0.6 is 0 Å². The Kier molecular flexibility index (Phi) is 6.73. The van der Waals surface area contributed by atoms with E-state index in [2.05, 4.69) is 10.2 Å². The lowest BCUT2D eigenvalue weighted by molar-refractivity contribution is -0.120. The highest BCUT2D eigenvalue weighted by Gasteiger charge is 2.23. The van der Waals surface area contributed by atoms with E-state index in [9.17, 15) is 4.79 Å². The second-order valence-corrected chi connectivity index (χ2v) is 6.03. The van der Waals surface area contributed by atoms with Gasteiger partial charge in [0.1, 0.15) is 0 Å². The van der Waals surface area contributed by atoms with Gasteiger partial charge in [-0.15, -0.1) is 0 Å². The van der Waals surface area contributed by atoms with Crippen molar-refractivity contribution in [2.45, 2.75) is 38.6 Å². The fourth-order valence-electron chi connectivity index (χ4n) is 3.05. The second-order valence-electron chi connectivity index (χ2n) is 6.03. The number of ether oxygens (including phenoxy) is 3. The van der Waals surface area contributed by atoms with Gasteiger partial charge >= 0.3 is 0 Å². The van der Waals surface area contributed by atoms with Crippen LogP contribution < -0.4 is 19.5 Å². The van der Waals surface area contributed by atoms with E-state index in [1.807, 2.05) is 6.92 Å². The fourth-order valence-corrected chi connectivity index (χ4v) is 3.05. The fraction of sp³-hybridized carbons (Fsp3) is 0.611. The molecule has 0 radical (unpaired) electrons. The quantitative estimate of drug-likeness (QED) is 0.865. The maximum absolute atomic E-state index is 12.6. The number of benzene rings is 1. The largest absolute Gasteiger partial charge is 0.493 e. The van der Waals surface area contributed by atoms with E-state index in [1.54, 1.807) is 33.5 Å². The predicted octanol–water partition coefficient (Wildman–Crippen LogP) is 2.92. The number of nitrogens with one attached hydrogen (secondary N) is 1. The molecule has 1 aliphatic heterocycles. The summed E-state index contributed by atoms with van der Waals surface area (Å²) in [7, 11) is 4.67. The van der Waals surface area contributed by atoms with Gasteiger partial charge in [0.05, 0.1) is 27.4 Å². The number of methoxy groups -OCH3 is 3. The molecule has 1 aliphatic rings. The van der Waals surface area contributed by atoms with Crippen molar-refractivity contribution in [1.82, 2.24) is 4.90 Å². The lowest BCUT2D eigenvalue weighted by atomic mass is 10.2. The summed E-state index contributed by atoms with van der Waals surface area (Å²) in [6.07, 6.45) is 4.80. The van der Waals surface area contributed by atoms with E-state index in [-0.39, 0.29) is 11.9 Å². The summed E-state index contributed by atoms with van der Waals surface area (Å²) in [5, 5.41) is 2.96. The molecule has 1 aromatic rings. The third-order valence-electron chi connectivity index (χ3n) is 4.50. The number of hydrogen-bond acceptors (Lipinski definition) is 5. The van der Waals surface area contributed by atoms with E-state index in [1.165, 1.54) is 12.8 Å². The molecule has 1 amide bonds. The summed E-state index contributed by atoms with van der Waals surface area (Å²) in [5.41, 5.74) is 0.635. The molecule has 6 nitrogen and oxygen atoms in total. The number of anilines is 1. The molecule has 24 heavy (non-hydrogen) atoms. The van der Waals surface area contributed by atoms with Gasteiger partial charge in [0.2, 0.25) is 11.7 Å². The first kappa shape index (κ1) is 18.4. The summed E-state index contributed by atoms with van der Waals surface area (Å²) < 4.78 is 16.0. The molecule has 0 aliphatic carbocycles. The SMILES string of the molecule is COc1cc(NC(=O)C(C)N2CCCCCC2)cc(OC)c1OC. The van der Waals surface area contributed by atoms with Gasteiger partial charge in [0.15, 0.2) is 11.5 Å². The number of likely N-dealkylation sites (tertiary alicyclic amines) is 1. The number of carbonyl (C=O) groups excluding carboxylic acids is 1. The summed E-state index contributed by atoms with van der Waals surface area (Å²) in [6.45, 7) is 3.91. The first-order valence-corrected chi connectivity index (χ1v) is 8.45. The lowest BCUT2D eigenvalue weighted by Gasteiger charge is -2.26. The van der Waals surface area contributed by atoms with E-state index >= 15 is 0 Å². The van der Waals surface area contributed by atoms with Crippen LogP contribution in [0.2, 0.25) is 0 Å². The van der Waals surface area contributed by atoms with E-state index < -0.39 is 0 Å². The lowest BCUT2D eigenvalue weighted by Crippen LogP contribution is -2.42. The molecule has 0 spiro atoms. The van der Waals surface area contributed by atoms with Crippen molar-refractivity contribution in [2.24, 2.45) is 0 Å². The van der Waals surface area contributed by atoms with Gasteiger partial charge in [-0.3, -0.25) is 9.69 Å². The van der Waals surface area contributed by atoms with Gasteiger partial charge < -0.3 is 19.5 Å². The van der Waals surface area contributed by atoms with E-state index in [0.717, 1.165) is 25.9 Å².